The zero-order valence-corrected chi connectivity index (χ0v) is 24.0. The Hall–Kier alpha value is -4.95. The van der Waals surface area contributed by atoms with E-state index >= 15 is 0 Å². The Balaban J connectivity index is 0.000000163. The maximum Gasteiger partial charge on any atom is 0.287 e. The minimum absolute atomic E-state index is 0.0224. The zero-order chi connectivity index (χ0) is 30.4. The number of aromatic nitrogens is 4. The molecule has 0 saturated carbocycles. The minimum Gasteiger partial charge on any atom is -0.369 e. The van der Waals surface area contributed by atoms with E-state index in [9.17, 15) is 20.2 Å². The standard InChI is InChI=1S/C14H15N5O2.C9H13N3.C5H3ClN2O2/c20-19(21)13-1-2-14(16-11-13)18-9-7-17(8-10-18)12-3-5-15-6-4-12;1-3-10-4-2-9(1)12-7-5-11-6-8-12;6-5-2-1-4(3-7-5)8(9)10/h1-6,11H,7-10H2;1-4,11H,5-8H2;1-3H. The summed E-state index contributed by atoms with van der Waals surface area (Å²) < 4.78 is 0. The second kappa shape index (κ2) is 15.9. The first-order chi connectivity index (χ1) is 20.9. The van der Waals surface area contributed by atoms with Gasteiger partial charge in [-0.15, -0.1) is 0 Å². The number of nitrogens with one attached hydrogen (secondary N) is 1. The molecule has 4 aromatic heterocycles. The molecule has 0 radical (unpaired) electrons. The van der Waals surface area contributed by atoms with Gasteiger partial charge in [0.25, 0.3) is 11.4 Å². The van der Waals surface area contributed by atoms with Gasteiger partial charge in [-0.2, -0.15) is 0 Å². The number of hydrogen-bond donors (Lipinski definition) is 1. The Morgan fingerprint density at radius 3 is 1.53 bits per heavy atom. The molecular formula is C28H31ClN10O4. The van der Waals surface area contributed by atoms with Crippen molar-refractivity contribution in [2.75, 3.05) is 67.1 Å². The molecule has 0 spiro atoms. The highest BCUT2D eigenvalue weighted by molar-refractivity contribution is 6.29. The number of rotatable bonds is 5. The Morgan fingerprint density at radius 2 is 1.09 bits per heavy atom. The van der Waals surface area contributed by atoms with E-state index in [-0.39, 0.29) is 16.5 Å². The van der Waals surface area contributed by atoms with Crippen molar-refractivity contribution in [3.63, 3.8) is 0 Å². The number of hydrogen-bond acceptors (Lipinski definition) is 12. The molecule has 6 rings (SSSR count). The van der Waals surface area contributed by atoms with Crippen LogP contribution in [0.15, 0.2) is 85.7 Å². The van der Waals surface area contributed by atoms with E-state index in [1.807, 2.05) is 24.5 Å². The van der Waals surface area contributed by atoms with E-state index in [1.165, 1.54) is 35.8 Å². The number of halogens is 1. The van der Waals surface area contributed by atoms with Crippen LogP contribution in [-0.4, -0.2) is 82.1 Å². The fourth-order valence-electron chi connectivity index (χ4n) is 4.38. The number of pyridine rings is 4. The summed E-state index contributed by atoms with van der Waals surface area (Å²) in [5.74, 6) is 0.787. The Morgan fingerprint density at radius 1 is 0.628 bits per heavy atom. The summed E-state index contributed by atoms with van der Waals surface area (Å²) in [7, 11) is 0. The lowest BCUT2D eigenvalue weighted by atomic mass is 10.2. The molecular weight excluding hydrogens is 576 g/mol. The van der Waals surface area contributed by atoms with Gasteiger partial charge in [0, 0.05) is 101 Å². The fraction of sp³-hybridized carbons (Fsp3) is 0.286. The Bertz CT molecular complexity index is 1420. The van der Waals surface area contributed by atoms with Gasteiger partial charge in [0.15, 0.2) is 0 Å². The fourth-order valence-corrected chi connectivity index (χ4v) is 4.49. The molecule has 224 valence electrons. The van der Waals surface area contributed by atoms with E-state index in [0.29, 0.717) is 0 Å². The van der Waals surface area contributed by atoms with Crippen LogP contribution in [0.2, 0.25) is 5.15 Å². The molecule has 15 heteroatoms. The second-order valence-corrected chi connectivity index (χ2v) is 9.74. The van der Waals surface area contributed by atoms with Crippen LogP contribution in [-0.2, 0) is 0 Å². The lowest BCUT2D eigenvalue weighted by Gasteiger charge is -2.36. The van der Waals surface area contributed by atoms with Gasteiger partial charge in [0.2, 0.25) is 0 Å². The van der Waals surface area contributed by atoms with Gasteiger partial charge in [-0.3, -0.25) is 30.2 Å². The lowest BCUT2D eigenvalue weighted by Crippen LogP contribution is -2.46. The van der Waals surface area contributed by atoms with Crippen LogP contribution in [0.3, 0.4) is 0 Å². The van der Waals surface area contributed by atoms with Crippen molar-refractivity contribution >= 4 is 40.2 Å². The third kappa shape index (κ3) is 9.55. The normalized spacial score (nSPS) is 14.5. The molecule has 2 aliphatic rings. The molecule has 0 unspecified atom stereocenters. The molecule has 0 amide bonds. The van der Waals surface area contributed by atoms with Crippen molar-refractivity contribution in [3.8, 4) is 0 Å². The van der Waals surface area contributed by atoms with Gasteiger partial charge in [0.05, 0.1) is 9.85 Å². The summed E-state index contributed by atoms with van der Waals surface area (Å²) in [6.07, 6.45) is 9.70. The number of nitro groups is 2. The van der Waals surface area contributed by atoms with E-state index in [1.54, 1.807) is 18.5 Å². The van der Waals surface area contributed by atoms with Crippen molar-refractivity contribution in [2.24, 2.45) is 0 Å². The molecule has 2 fully saturated rings. The topological polar surface area (TPSA) is 160 Å². The molecule has 2 aliphatic heterocycles. The van der Waals surface area contributed by atoms with Gasteiger partial charge in [0.1, 0.15) is 23.4 Å². The molecule has 4 aromatic rings. The zero-order valence-electron chi connectivity index (χ0n) is 23.3. The second-order valence-electron chi connectivity index (χ2n) is 9.35. The summed E-state index contributed by atoms with van der Waals surface area (Å²) in [5, 5.41) is 24.2. The summed E-state index contributed by atoms with van der Waals surface area (Å²) in [6, 6.07) is 14.0. The van der Waals surface area contributed by atoms with Crippen molar-refractivity contribution in [1.29, 1.82) is 0 Å². The smallest absolute Gasteiger partial charge is 0.287 e. The molecule has 43 heavy (non-hydrogen) atoms. The predicted molar refractivity (Wildman–Crippen MR) is 165 cm³/mol. The maximum absolute atomic E-state index is 10.6. The molecule has 0 atom stereocenters. The molecule has 2 saturated heterocycles. The third-order valence-electron chi connectivity index (χ3n) is 6.64. The van der Waals surface area contributed by atoms with Crippen molar-refractivity contribution in [3.05, 3.63) is 111 Å². The summed E-state index contributed by atoms with van der Waals surface area (Å²) in [4.78, 5) is 42.2. The van der Waals surface area contributed by atoms with Gasteiger partial charge >= 0.3 is 0 Å². The first kappa shape index (κ1) is 31.0. The van der Waals surface area contributed by atoms with Gasteiger partial charge in [-0.05, 0) is 36.4 Å². The average molecular weight is 607 g/mol. The molecule has 1 N–H and O–H groups in total. The first-order valence-corrected chi connectivity index (χ1v) is 13.9. The first-order valence-electron chi connectivity index (χ1n) is 13.5. The van der Waals surface area contributed by atoms with Crippen LogP contribution in [0.5, 0.6) is 0 Å². The van der Waals surface area contributed by atoms with E-state index in [4.69, 9.17) is 11.6 Å². The van der Waals surface area contributed by atoms with Gasteiger partial charge in [-0.25, -0.2) is 9.97 Å². The maximum atomic E-state index is 10.6. The van der Waals surface area contributed by atoms with Crippen molar-refractivity contribution in [2.45, 2.75) is 0 Å². The predicted octanol–water partition coefficient (Wildman–Crippen LogP) is 3.85. The van der Waals surface area contributed by atoms with Crippen LogP contribution in [0, 0.1) is 20.2 Å². The van der Waals surface area contributed by atoms with E-state index in [0.717, 1.165) is 64.4 Å². The summed E-state index contributed by atoms with van der Waals surface area (Å²) in [6.45, 7) is 7.84. The Kier molecular flexibility index (Phi) is 11.5. The SMILES string of the molecule is O=[N+]([O-])c1ccc(Cl)nc1.O=[N+]([O-])c1ccc(N2CCN(c3ccncc3)CC2)nc1.c1cc(N2CCNCC2)ccn1. The molecule has 6 heterocycles. The van der Waals surface area contributed by atoms with E-state index < -0.39 is 9.85 Å². The van der Waals surface area contributed by atoms with Crippen LogP contribution in [0.4, 0.5) is 28.6 Å². The molecule has 0 aliphatic carbocycles. The summed E-state index contributed by atoms with van der Waals surface area (Å²) in [5.41, 5.74) is 2.42. The number of anilines is 3. The third-order valence-corrected chi connectivity index (χ3v) is 6.87. The highest BCUT2D eigenvalue weighted by atomic mass is 35.5. The van der Waals surface area contributed by atoms with Crippen molar-refractivity contribution in [1.82, 2.24) is 25.3 Å². The monoisotopic (exact) mass is 606 g/mol. The quantitative estimate of drug-likeness (QED) is 0.199. The number of piperazine rings is 2. The highest BCUT2D eigenvalue weighted by Crippen LogP contribution is 2.20. The van der Waals surface area contributed by atoms with Crippen molar-refractivity contribution < 1.29 is 9.85 Å². The minimum atomic E-state index is -0.524. The van der Waals surface area contributed by atoms with E-state index in [2.05, 4.69) is 52.1 Å². The van der Waals surface area contributed by atoms with Crippen LogP contribution >= 0.6 is 11.6 Å². The molecule has 0 bridgehead atoms. The Labute approximate surface area is 253 Å². The van der Waals surface area contributed by atoms with Crippen LogP contribution in [0.25, 0.3) is 0 Å². The average Bonchev–Trinajstić information content (AvgIpc) is 3.07. The van der Waals surface area contributed by atoms with Gasteiger partial charge in [-0.1, -0.05) is 11.6 Å². The lowest BCUT2D eigenvalue weighted by molar-refractivity contribution is -0.385. The highest BCUT2D eigenvalue weighted by Gasteiger charge is 2.19. The van der Waals surface area contributed by atoms with Crippen LogP contribution < -0.4 is 20.0 Å². The van der Waals surface area contributed by atoms with Gasteiger partial charge < -0.3 is 20.0 Å². The molecule has 0 aromatic carbocycles. The largest absolute Gasteiger partial charge is 0.369 e. The summed E-state index contributed by atoms with van der Waals surface area (Å²) >= 11 is 5.38. The van der Waals surface area contributed by atoms with Crippen LogP contribution in [0.1, 0.15) is 0 Å². The molecule has 14 nitrogen and oxygen atoms in total. The number of nitrogens with zero attached hydrogens (tertiary/aromatic N) is 9.